The van der Waals surface area contributed by atoms with Crippen LogP contribution in [0, 0.1) is 13.8 Å². The zero-order valence-corrected chi connectivity index (χ0v) is 20.0. The van der Waals surface area contributed by atoms with E-state index < -0.39 is 0 Å². The van der Waals surface area contributed by atoms with Crippen molar-refractivity contribution < 1.29 is 5.11 Å². The lowest BCUT2D eigenvalue weighted by molar-refractivity contribution is 0.220. The van der Waals surface area contributed by atoms with Crippen LogP contribution in [-0.2, 0) is 19.4 Å². The van der Waals surface area contributed by atoms with Crippen LogP contribution in [0.15, 0.2) is 48.9 Å². The summed E-state index contributed by atoms with van der Waals surface area (Å²) < 4.78 is 0. The molecule has 0 saturated carbocycles. The average molecular weight is 446 g/mol. The van der Waals surface area contributed by atoms with Gasteiger partial charge in [0.1, 0.15) is 5.82 Å². The maximum absolute atomic E-state index is 9.00. The summed E-state index contributed by atoms with van der Waals surface area (Å²) in [5, 5.41) is 12.5. The molecule has 0 spiro atoms. The van der Waals surface area contributed by atoms with Gasteiger partial charge in [-0.1, -0.05) is 12.1 Å². The van der Waals surface area contributed by atoms with Gasteiger partial charge in [0.05, 0.1) is 18.5 Å². The van der Waals surface area contributed by atoms with Gasteiger partial charge >= 0.3 is 0 Å². The van der Waals surface area contributed by atoms with Gasteiger partial charge in [0.15, 0.2) is 0 Å². The molecule has 33 heavy (non-hydrogen) atoms. The van der Waals surface area contributed by atoms with E-state index in [1.165, 1.54) is 33.5 Å². The molecular weight excluding hydrogens is 410 g/mol. The van der Waals surface area contributed by atoms with Gasteiger partial charge in [-0.2, -0.15) is 0 Å². The van der Waals surface area contributed by atoms with Crippen molar-refractivity contribution in [2.45, 2.75) is 39.7 Å². The van der Waals surface area contributed by atoms with Crippen molar-refractivity contribution in [3.63, 3.8) is 0 Å². The minimum Gasteiger partial charge on any atom is -0.395 e. The minimum absolute atomic E-state index is 0.217. The molecule has 1 aromatic carbocycles. The molecule has 0 amide bonds. The summed E-state index contributed by atoms with van der Waals surface area (Å²) in [6.45, 7) is 8.11. The summed E-state index contributed by atoms with van der Waals surface area (Å²) in [6.07, 6.45) is 9.06. The third kappa shape index (κ3) is 5.89. The Balaban J connectivity index is 1.38. The lowest BCUT2D eigenvalue weighted by atomic mass is 10.0. The summed E-state index contributed by atoms with van der Waals surface area (Å²) in [5.74, 6) is 0.882. The highest BCUT2D eigenvalue weighted by Crippen LogP contribution is 2.29. The van der Waals surface area contributed by atoms with Crippen molar-refractivity contribution in [3.8, 4) is 0 Å². The predicted octanol–water partition coefficient (Wildman–Crippen LogP) is 4.26. The molecule has 0 atom stereocenters. The van der Waals surface area contributed by atoms with Crippen LogP contribution in [-0.4, -0.2) is 53.3 Å². The number of nitrogens with one attached hydrogen (secondary N) is 1. The van der Waals surface area contributed by atoms with E-state index in [2.05, 4.69) is 69.3 Å². The first-order valence-electron chi connectivity index (χ1n) is 11.8. The first-order valence-corrected chi connectivity index (χ1v) is 11.8. The van der Waals surface area contributed by atoms with Gasteiger partial charge in [-0.05, 0) is 92.7 Å². The van der Waals surface area contributed by atoms with Crippen LogP contribution < -0.4 is 10.2 Å². The summed E-state index contributed by atoms with van der Waals surface area (Å²) >= 11 is 0. The van der Waals surface area contributed by atoms with Crippen molar-refractivity contribution in [2.24, 2.45) is 0 Å². The number of aliphatic hydroxyl groups is 1. The molecule has 3 heterocycles. The van der Waals surface area contributed by atoms with Crippen molar-refractivity contribution in [2.75, 3.05) is 43.5 Å². The molecule has 1 aliphatic rings. The Hall–Kier alpha value is -2.96. The first kappa shape index (κ1) is 23.2. The van der Waals surface area contributed by atoms with E-state index in [9.17, 15) is 0 Å². The molecule has 0 bridgehead atoms. The van der Waals surface area contributed by atoms with E-state index in [0.29, 0.717) is 0 Å². The summed E-state index contributed by atoms with van der Waals surface area (Å²) in [6, 6.07) is 10.8. The Bertz CT molecular complexity index is 1070. The lowest BCUT2D eigenvalue weighted by Gasteiger charge is -2.32. The van der Waals surface area contributed by atoms with Crippen molar-refractivity contribution in [3.05, 3.63) is 76.7 Å². The Morgan fingerprint density at radius 2 is 1.88 bits per heavy atom. The molecule has 4 rings (SSSR count). The summed E-state index contributed by atoms with van der Waals surface area (Å²) in [7, 11) is 2.05. The molecule has 6 nitrogen and oxygen atoms in total. The number of aliphatic hydroxyl groups excluding tert-OH is 1. The van der Waals surface area contributed by atoms with E-state index in [0.717, 1.165) is 56.9 Å². The van der Waals surface area contributed by atoms with Gasteiger partial charge in [-0.15, -0.1) is 0 Å². The number of benzene rings is 1. The molecule has 0 fully saturated rings. The number of rotatable bonds is 9. The van der Waals surface area contributed by atoms with Crippen LogP contribution in [0.1, 0.15) is 34.2 Å². The SMILES string of the molecule is Cc1cncc(N2CCc3cnc(Nc4ccc(CCCN(C)CCO)cc4)cc3C2)c1C. The molecule has 3 aromatic rings. The maximum Gasteiger partial charge on any atom is 0.130 e. The molecule has 0 saturated heterocycles. The van der Waals surface area contributed by atoms with Crippen LogP contribution in [0.4, 0.5) is 17.2 Å². The van der Waals surface area contributed by atoms with Crippen LogP contribution >= 0.6 is 0 Å². The summed E-state index contributed by atoms with van der Waals surface area (Å²) in [4.78, 5) is 13.7. The quantitative estimate of drug-likeness (QED) is 0.513. The van der Waals surface area contributed by atoms with E-state index in [1.54, 1.807) is 0 Å². The Kier molecular flexibility index (Phi) is 7.57. The molecule has 2 N–H and O–H groups in total. The summed E-state index contributed by atoms with van der Waals surface area (Å²) in [5.41, 5.74) is 8.80. The Morgan fingerprint density at radius 1 is 1.06 bits per heavy atom. The van der Waals surface area contributed by atoms with Crippen LogP contribution in [0.2, 0.25) is 0 Å². The van der Waals surface area contributed by atoms with E-state index in [-0.39, 0.29) is 6.61 Å². The number of aryl methyl sites for hydroxylation is 2. The van der Waals surface area contributed by atoms with Crippen LogP contribution in [0.25, 0.3) is 0 Å². The zero-order valence-electron chi connectivity index (χ0n) is 20.0. The van der Waals surface area contributed by atoms with E-state index in [1.807, 2.05) is 25.6 Å². The van der Waals surface area contributed by atoms with Gasteiger partial charge in [-0.25, -0.2) is 4.98 Å². The average Bonchev–Trinajstić information content (AvgIpc) is 2.82. The first-order chi connectivity index (χ1) is 16.0. The Morgan fingerprint density at radius 3 is 2.67 bits per heavy atom. The number of anilines is 3. The second-order valence-corrected chi connectivity index (χ2v) is 9.06. The zero-order chi connectivity index (χ0) is 23.2. The topological polar surface area (TPSA) is 64.5 Å². The minimum atomic E-state index is 0.217. The highest BCUT2D eigenvalue weighted by atomic mass is 16.3. The fraction of sp³-hybridized carbons (Fsp3) is 0.407. The number of hydrogen-bond acceptors (Lipinski definition) is 6. The largest absolute Gasteiger partial charge is 0.395 e. The lowest BCUT2D eigenvalue weighted by Crippen LogP contribution is -2.31. The second kappa shape index (κ2) is 10.8. The number of fused-ring (bicyclic) bond motifs is 1. The molecule has 1 aliphatic heterocycles. The van der Waals surface area contributed by atoms with E-state index >= 15 is 0 Å². The molecular formula is C27H35N5O. The number of hydrogen-bond donors (Lipinski definition) is 2. The fourth-order valence-corrected chi connectivity index (χ4v) is 4.38. The van der Waals surface area contributed by atoms with Gasteiger partial charge in [0.25, 0.3) is 0 Å². The Labute approximate surface area is 197 Å². The van der Waals surface area contributed by atoms with Gasteiger partial charge < -0.3 is 20.2 Å². The molecule has 174 valence electrons. The third-order valence-electron chi connectivity index (χ3n) is 6.59. The van der Waals surface area contributed by atoms with Crippen molar-refractivity contribution >= 4 is 17.2 Å². The molecule has 0 unspecified atom stereocenters. The van der Waals surface area contributed by atoms with Crippen molar-refractivity contribution in [1.82, 2.24) is 14.9 Å². The number of nitrogens with zero attached hydrogens (tertiary/aromatic N) is 4. The van der Waals surface area contributed by atoms with Gasteiger partial charge in [-0.3, -0.25) is 4.98 Å². The molecule has 0 aliphatic carbocycles. The van der Waals surface area contributed by atoms with Crippen LogP contribution in [0.5, 0.6) is 0 Å². The monoisotopic (exact) mass is 445 g/mol. The molecule has 0 radical (unpaired) electrons. The molecule has 2 aromatic heterocycles. The standard InChI is InChI=1S/C27H35N5O/c1-20-16-28-18-26(21(20)2)32-12-10-23-17-29-27(15-24(23)19-32)30-25-8-6-22(7-9-25)5-4-11-31(3)13-14-33/h6-9,15-18,33H,4-5,10-14,19H2,1-3H3,(H,29,30). The van der Waals surface area contributed by atoms with Gasteiger partial charge in [0.2, 0.25) is 0 Å². The molecule has 6 heteroatoms. The van der Waals surface area contributed by atoms with Gasteiger partial charge in [0, 0.05) is 37.7 Å². The smallest absolute Gasteiger partial charge is 0.130 e. The number of pyridine rings is 2. The number of aromatic nitrogens is 2. The second-order valence-electron chi connectivity index (χ2n) is 9.06. The van der Waals surface area contributed by atoms with Crippen molar-refractivity contribution in [1.29, 1.82) is 0 Å². The van der Waals surface area contributed by atoms with Crippen LogP contribution in [0.3, 0.4) is 0 Å². The van der Waals surface area contributed by atoms with E-state index in [4.69, 9.17) is 5.11 Å². The predicted molar refractivity (Wildman–Crippen MR) is 135 cm³/mol. The third-order valence-corrected chi connectivity index (χ3v) is 6.59. The fourth-order valence-electron chi connectivity index (χ4n) is 4.38. The highest BCUT2D eigenvalue weighted by Gasteiger charge is 2.19. The normalized spacial score (nSPS) is 13.3. The highest BCUT2D eigenvalue weighted by molar-refractivity contribution is 5.60. The number of likely N-dealkylation sites (N-methyl/N-ethyl adjacent to an activating group) is 1. The maximum atomic E-state index is 9.00.